The van der Waals surface area contributed by atoms with Gasteiger partial charge in [0.2, 0.25) is 5.88 Å². The van der Waals surface area contributed by atoms with E-state index in [-0.39, 0.29) is 5.54 Å². The number of fused-ring (bicyclic) bond motifs is 1. The van der Waals surface area contributed by atoms with Crippen molar-refractivity contribution in [3.8, 4) is 17.1 Å². The van der Waals surface area contributed by atoms with Crippen molar-refractivity contribution < 1.29 is 4.74 Å². The minimum Gasteiger partial charge on any atom is -0.480 e. The van der Waals surface area contributed by atoms with E-state index in [9.17, 15) is 0 Å². The molecule has 1 fully saturated rings. The van der Waals surface area contributed by atoms with Crippen LogP contribution in [0.1, 0.15) is 33.1 Å². The molecule has 3 aromatic rings. The Kier molecular flexibility index (Phi) is 3.82. The normalized spacial score (nSPS) is 17.0. The predicted octanol–water partition coefficient (Wildman–Crippen LogP) is 3.80. The summed E-state index contributed by atoms with van der Waals surface area (Å²) in [6.07, 6.45) is 7.24. The number of ether oxygens (including phenoxy) is 1. The SMILES string of the molecule is COc1nccc2[nH]nc(-c3ccnc(N4CCCCC4(C)C)c3)c12. The molecule has 0 atom stereocenters. The number of nitrogens with zero attached hydrogens (tertiary/aromatic N) is 4. The molecular formula is C19H23N5O. The van der Waals surface area contributed by atoms with Crippen LogP contribution < -0.4 is 9.64 Å². The Hall–Kier alpha value is -2.63. The smallest absolute Gasteiger partial charge is 0.224 e. The van der Waals surface area contributed by atoms with Crippen LogP contribution in [-0.4, -0.2) is 39.4 Å². The monoisotopic (exact) mass is 337 g/mol. The largest absolute Gasteiger partial charge is 0.480 e. The van der Waals surface area contributed by atoms with Gasteiger partial charge in [0.15, 0.2) is 0 Å². The molecule has 1 aliphatic heterocycles. The van der Waals surface area contributed by atoms with Gasteiger partial charge in [-0.15, -0.1) is 0 Å². The number of piperidine rings is 1. The summed E-state index contributed by atoms with van der Waals surface area (Å²) in [7, 11) is 1.63. The zero-order valence-corrected chi connectivity index (χ0v) is 14.9. The summed E-state index contributed by atoms with van der Waals surface area (Å²) >= 11 is 0. The second kappa shape index (κ2) is 6.02. The molecule has 6 nitrogen and oxygen atoms in total. The van der Waals surface area contributed by atoms with Gasteiger partial charge >= 0.3 is 0 Å². The van der Waals surface area contributed by atoms with Crippen LogP contribution in [0.5, 0.6) is 5.88 Å². The van der Waals surface area contributed by atoms with Crippen LogP contribution in [0.4, 0.5) is 5.82 Å². The van der Waals surface area contributed by atoms with E-state index in [0.717, 1.165) is 34.5 Å². The van der Waals surface area contributed by atoms with E-state index in [0.29, 0.717) is 5.88 Å². The molecule has 6 heteroatoms. The van der Waals surface area contributed by atoms with Gasteiger partial charge in [-0.2, -0.15) is 5.10 Å². The van der Waals surface area contributed by atoms with Crippen molar-refractivity contribution in [1.82, 2.24) is 20.2 Å². The minimum atomic E-state index is 0.122. The predicted molar refractivity (Wildman–Crippen MR) is 98.9 cm³/mol. The van der Waals surface area contributed by atoms with Crippen LogP contribution in [0.3, 0.4) is 0 Å². The molecule has 3 aromatic heterocycles. The zero-order chi connectivity index (χ0) is 17.4. The van der Waals surface area contributed by atoms with E-state index in [1.807, 2.05) is 18.3 Å². The van der Waals surface area contributed by atoms with Crippen molar-refractivity contribution in [2.45, 2.75) is 38.6 Å². The van der Waals surface area contributed by atoms with E-state index < -0.39 is 0 Å². The van der Waals surface area contributed by atoms with Crippen molar-refractivity contribution >= 4 is 16.7 Å². The topological polar surface area (TPSA) is 66.9 Å². The first-order valence-corrected chi connectivity index (χ1v) is 8.71. The number of hydrogen-bond acceptors (Lipinski definition) is 5. The summed E-state index contributed by atoms with van der Waals surface area (Å²) in [5.41, 5.74) is 2.90. The van der Waals surface area contributed by atoms with Crippen LogP contribution in [0.15, 0.2) is 30.6 Å². The van der Waals surface area contributed by atoms with Gasteiger partial charge in [-0.3, -0.25) is 5.10 Å². The average Bonchev–Trinajstić information content (AvgIpc) is 3.05. The number of hydrogen-bond donors (Lipinski definition) is 1. The number of pyridine rings is 2. The summed E-state index contributed by atoms with van der Waals surface area (Å²) in [4.78, 5) is 11.4. The van der Waals surface area contributed by atoms with E-state index >= 15 is 0 Å². The molecule has 25 heavy (non-hydrogen) atoms. The average molecular weight is 337 g/mol. The van der Waals surface area contributed by atoms with Gasteiger partial charge in [0.1, 0.15) is 11.5 Å². The number of methoxy groups -OCH3 is 1. The first-order valence-electron chi connectivity index (χ1n) is 8.71. The van der Waals surface area contributed by atoms with Gasteiger partial charge < -0.3 is 9.64 Å². The fraction of sp³-hybridized carbons (Fsp3) is 0.421. The number of rotatable bonds is 3. The summed E-state index contributed by atoms with van der Waals surface area (Å²) < 4.78 is 5.43. The van der Waals surface area contributed by atoms with Crippen molar-refractivity contribution in [3.05, 3.63) is 30.6 Å². The lowest BCUT2D eigenvalue weighted by atomic mass is 9.90. The molecule has 1 N–H and O–H groups in total. The second-order valence-corrected chi connectivity index (χ2v) is 7.14. The Balaban J connectivity index is 1.80. The molecule has 0 spiro atoms. The van der Waals surface area contributed by atoms with Crippen molar-refractivity contribution in [2.75, 3.05) is 18.6 Å². The summed E-state index contributed by atoms with van der Waals surface area (Å²) in [6.45, 7) is 5.62. The minimum absolute atomic E-state index is 0.122. The van der Waals surface area contributed by atoms with Crippen LogP contribution in [0.25, 0.3) is 22.2 Å². The Labute approximate surface area is 147 Å². The van der Waals surface area contributed by atoms with E-state index in [1.54, 1.807) is 13.3 Å². The standard InChI is InChI=1S/C19H23N5O/c1-19(2)8-4-5-11-24(19)15-12-13(6-9-20-15)17-16-14(22-23-17)7-10-21-18(16)25-3/h6-7,9-10,12H,4-5,8,11H2,1-3H3,(H,22,23). The van der Waals surface area contributed by atoms with E-state index in [1.165, 1.54) is 19.3 Å². The Bertz CT molecular complexity index is 902. The summed E-state index contributed by atoms with van der Waals surface area (Å²) in [5, 5.41) is 8.48. The van der Waals surface area contributed by atoms with Crippen LogP contribution in [-0.2, 0) is 0 Å². The third-order valence-corrected chi connectivity index (χ3v) is 5.08. The van der Waals surface area contributed by atoms with Gasteiger partial charge in [0.25, 0.3) is 0 Å². The Morgan fingerprint density at radius 1 is 1.16 bits per heavy atom. The van der Waals surface area contributed by atoms with Crippen LogP contribution in [0, 0.1) is 0 Å². The molecule has 0 aliphatic carbocycles. The van der Waals surface area contributed by atoms with Crippen molar-refractivity contribution in [3.63, 3.8) is 0 Å². The number of nitrogens with one attached hydrogen (secondary N) is 1. The molecule has 0 amide bonds. The molecule has 0 saturated carbocycles. The van der Waals surface area contributed by atoms with Gasteiger partial charge in [-0.1, -0.05) is 0 Å². The molecule has 0 aromatic carbocycles. The first-order chi connectivity index (χ1) is 12.1. The quantitative estimate of drug-likeness (QED) is 0.787. The fourth-order valence-electron chi connectivity index (χ4n) is 3.70. The molecule has 0 unspecified atom stereocenters. The molecule has 0 radical (unpaired) electrons. The fourth-order valence-corrected chi connectivity index (χ4v) is 3.70. The lowest BCUT2D eigenvalue weighted by molar-refractivity contribution is 0.359. The molecule has 0 bridgehead atoms. The van der Waals surface area contributed by atoms with Gasteiger partial charge in [-0.05, 0) is 51.3 Å². The summed E-state index contributed by atoms with van der Waals surface area (Å²) in [5.74, 6) is 1.58. The third kappa shape index (κ3) is 2.71. The Morgan fingerprint density at radius 2 is 2.00 bits per heavy atom. The molecule has 130 valence electrons. The maximum Gasteiger partial charge on any atom is 0.224 e. The van der Waals surface area contributed by atoms with Crippen LogP contribution in [0.2, 0.25) is 0 Å². The van der Waals surface area contributed by atoms with E-state index in [4.69, 9.17) is 4.74 Å². The highest BCUT2D eigenvalue weighted by molar-refractivity contribution is 5.96. The van der Waals surface area contributed by atoms with Gasteiger partial charge in [-0.25, -0.2) is 9.97 Å². The number of aromatic amines is 1. The molecular weight excluding hydrogens is 314 g/mol. The van der Waals surface area contributed by atoms with Crippen LogP contribution >= 0.6 is 0 Å². The molecule has 1 aliphatic rings. The number of aromatic nitrogens is 4. The molecule has 4 heterocycles. The van der Waals surface area contributed by atoms with Gasteiger partial charge in [0.05, 0.1) is 18.0 Å². The number of anilines is 1. The maximum atomic E-state index is 5.43. The highest BCUT2D eigenvalue weighted by atomic mass is 16.5. The Morgan fingerprint density at radius 3 is 2.80 bits per heavy atom. The zero-order valence-electron chi connectivity index (χ0n) is 14.9. The third-order valence-electron chi connectivity index (χ3n) is 5.08. The molecule has 4 rings (SSSR count). The second-order valence-electron chi connectivity index (χ2n) is 7.14. The van der Waals surface area contributed by atoms with Gasteiger partial charge in [0, 0.05) is 30.0 Å². The first kappa shape index (κ1) is 15.9. The molecule has 1 saturated heterocycles. The lowest BCUT2D eigenvalue weighted by Gasteiger charge is -2.43. The van der Waals surface area contributed by atoms with Crippen molar-refractivity contribution in [2.24, 2.45) is 0 Å². The van der Waals surface area contributed by atoms with Crippen molar-refractivity contribution in [1.29, 1.82) is 0 Å². The highest BCUT2D eigenvalue weighted by Gasteiger charge is 2.30. The number of H-pyrrole nitrogens is 1. The van der Waals surface area contributed by atoms with E-state index in [2.05, 4.69) is 45.0 Å². The highest BCUT2D eigenvalue weighted by Crippen LogP contribution is 2.35. The maximum absolute atomic E-state index is 5.43. The lowest BCUT2D eigenvalue weighted by Crippen LogP contribution is -2.48. The summed E-state index contributed by atoms with van der Waals surface area (Å²) in [6, 6.07) is 6.02.